The highest BCUT2D eigenvalue weighted by Gasteiger charge is 2.34. The number of carbonyl (C=O) groups excluding carboxylic acids is 1. The largest absolute Gasteiger partial charge is 0.396 e. The highest BCUT2D eigenvalue weighted by Crippen LogP contribution is 2.31. The van der Waals surface area contributed by atoms with E-state index < -0.39 is 0 Å². The molecule has 156 valence electrons. The molecule has 0 saturated carbocycles. The number of aliphatic hydroxyl groups excluding tert-OH is 1. The van der Waals surface area contributed by atoms with Crippen LogP contribution in [-0.2, 0) is 19.4 Å². The molecule has 2 fully saturated rings. The van der Waals surface area contributed by atoms with Crippen LogP contribution in [0, 0.1) is 11.8 Å². The second-order valence-corrected chi connectivity index (χ2v) is 9.41. The number of aliphatic hydroxyl groups is 1. The third-order valence-corrected chi connectivity index (χ3v) is 6.88. The van der Waals surface area contributed by atoms with Gasteiger partial charge in [0, 0.05) is 43.5 Å². The van der Waals surface area contributed by atoms with Crippen LogP contribution in [0.4, 0.5) is 0 Å². The summed E-state index contributed by atoms with van der Waals surface area (Å²) in [7, 11) is 0. The van der Waals surface area contributed by atoms with Gasteiger partial charge in [-0.25, -0.2) is 0 Å². The summed E-state index contributed by atoms with van der Waals surface area (Å²) in [4.78, 5) is 17.8. The summed E-state index contributed by atoms with van der Waals surface area (Å²) in [5, 5.41) is 14.3. The minimum absolute atomic E-state index is 0.149. The highest BCUT2D eigenvalue weighted by molar-refractivity contribution is 5.94. The van der Waals surface area contributed by atoms with Gasteiger partial charge in [0.25, 0.3) is 5.91 Å². The normalized spacial score (nSPS) is 24.1. The first-order chi connectivity index (χ1) is 13.6. The lowest BCUT2D eigenvalue weighted by molar-refractivity contribution is 0.0780. The minimum Gasteiger partial charge on any atom is -0.396 e. The van der Waals surface area contributed by atoms with E-state index in [1.807, 2.05) is 4.90 Å². The molecule has 0 unspecified atom stereocenters. The summed E-state index contributed by atoms with van der Waals surface area (Å²) >= 11 is 0. The quantitative estimate of drug-likeness (QED) is 0.841. The molecule has 2 saturated heterocycles. The molecule has 1 aliphatic carbocycles. The Balaban J connectivity index is 1.56. The van der Waals surface area contributed by atoms with Crippen molar-refractivity contribution < 1.29 is 9.90 Å². The molecule has 3 heterocycles. The van der Waals surface area contributed by atoms with Gasteiger partial charge in [-0.3, -0.25) is 9.48 Å². The predicted octanol–water partition coefficient (Wildman–Crippen LogP) is 2.34. The van der Waals surface area contributed by atoms with Gasteiger partial charge in [0.1, 0.15) is 0 Å². The van der Waals surface area contributed by atoms with Gasteiger partial charge in [-0.15, -0.1) is 0 Å². The molecule has 28 heavy (non-hydrogen) atoms. The Morgan fingerprint density at radius 1 is 1.14 bits per heavy atom. The molecule has 6 nitrogen and oxygen atoms in total. The summed E-state index contributed by atoms with van der Waals surface area (Å²) in [6, 6.07) is 0.508. The topological polar surface area (TPSA) is 61.6 Å². The van der Waals surface area contributed by atoms with E-state index in [9.17, 15) is 9.90 Å². The van der Waals surface area contributed by atoms with E-state index in [2.05, 4.69) is 23.4 Å². The molecule has 0 aromatic carbocycles. The highest BCUT2D eigenvalue weighted by atomic mass is 16.3. The van der Waals surface area contributed by atoms with Crippen LogP contribution in [0.3, 0.4) is 0 Å². The fourth-order valence-corrected chi connectivity index (χ4v) is 5.22. The molecule has 6 heteroatoms. The van der Waals surface area contributed by atoms with Gasteiger partial charge in [0.2, 0.25) is 0 Å². The molecule has 0 radical (unpaired) electrons. The SMILES string of the molecule is CC(C)Cn1nc(C(=O)N2CCCC2)c2c1CC[C@@H](N1CCC(CO)CC1)C2. The van der Waals surface area contributed by atoms with E-state index in [1.54, 1.807) is 0 Å². The first kappa shape index (κ1) is 19.9. The summed E-state index contributed by atoms with van der Waals surface area (Å²) in [5.41, 5.74) is 3.25. The Kier molecular flexibility index (Phi) is 6.07. The second-order valence-electron chi connectivity index (χ2n) is 9.41. The number of rotatable bonds is 5. The van der Waals surface area contributed by atoms with Gasteiger partial charge in [0.05, 0.1) is 0 Å². The maximum atomic E-state index is 13.2. The molecule has 4 rings (SSSR count). The minimum atomic E-state index is 0.149. The van der Waals surface area contributed by atoms with Crippen molar-refractivity contribution in [1.82, 2.24) is 19.6 Å². The third kappa shape index (κ3) is 3.99. The van der Waals surface area contributed by atoms with Gasteiger partial charge >= 0.3 is 0 Å². The molecule has 1 atom stereocenters. The molecule has 1 aromatic heterocycles. The molecule has 3 aliphatic rings. The number of carbonyl (C=O) groups is 1. The van der Waals surface area contributed by atoms with Crippen LogP contribution in [0.1, 0.15) is 67.7 Å². The van der Waals surface area contributed by atoms with E-state index in [4.69, 9.17) is 5.10 Å². The molecular weight excluding hydrogens is 352 g/mol. The average Bonchev–Trinajstić information content (AvgIpc) is 3.36. The number of fused-ring (bicyclic) bond motifs is 1. The summed E-state index contributed by atoms with van der Waals surface area (Å²) in [5.74, 6) is 1.14. The molecule has 2 aliphatic heterocycles. The fourth-order valence-electron chi connectivity index (χ4n) is 5.22. The molecule has 1 aromatic rings. The van der Waals surface area contributed by atoms with Crippen molar-refractivity contribution >= 4 is 5.91 Å². The Morgan fingerprint density at radius 2 is 1.86 bits per heavy atom. The first-order valence-corrected chi connectivity index (χ1v) is 11.3. The molecule has 0 spiro atoms. The van der Waals surface area contributed by atoms with Crippen LogP contribution in [-0.4, -0.2) is 69.4 Å². The van der Waals surface area contributed by atoms with Gasteiger partial charge in [-0.2, -0.15) is 5.10 Å². The number of likely N-dealkylation sites (tertiary alicyclic amines) is 2. The number of aromatic nitrogens is 2. The van der Waals surface area contributed by atoms with Crippen LogP contribution < -0.4 is 0 Å². The van der Waals surface area contributed by atoms with Crippen molar-refractivity contribution in [2.75, 3.05) is 32.8 Å². The van der Waals surface area contributed by atoms with Crippen molar-refractivity contribution in [2.24, 2.45) is 11.8 Å². The van der Waals surface area contributed by atoms with E-state index >= 15 is 0 Å². The maximum absolute atomic E-state index is 13.2. The lowest BCUT2D eigenvalue weighted by atomic mass is 9.87. The summed E-state index contributed by atoms with van der Waals surface area (Å²) in [6.07, 6.45) is 7.53. The van der Waals surface area contributed by atoms with Crippen molar-refractivity contribution in [2.45, 2.75) is 71.4 Å². The third-order valence-electron chi connectivity index (χ3n) is 6.88. The van der Waals surface area contributed by atoms with Crippen molar-refractivity contribution in [1.29, 1.82) is 0 Å². The average molecular weight is 389 g/mol. The lowest BCUT2D eigenvalue weighted by Gasteiger charge is -2.39. The number of piperidine rings is 1. The van der Waals surface area contributed by atoms with Gasteiger partial charge in [0.15, 0.2) is 5.69 Å². The van der Waals surface area contributed by atoms with Crippen LogP contribution in [0.15, 0.2) is 0 Å². The van der Waals surface area contributed by atoms with E-state index in [1.165, 1.54) is 11.3 Å². The summed E-state index contributed by atoms with van der Waals surface area (Å²) < 4.78 is 2.14. The molecule has 0 bridgehead atoms. The number of amides is 1. The Labute approximate surface area is 168 Å². The lowest BCUT2D eigenvalue weighted by Crippen LogP contribution is -2.45. The van der Waals surface area contributed by atoms with Crippen molar-refractivity contribution in [3.05, 3.63) is 17.0 Å². The summed E-state index contributed by atoms with van der Waals surface area (Å²) in [6.45, 7) is 9.54. The van der Waals surface area contributed by atoms with E-state index in [0.29, 0.717) is 24.5 Å². The predicted molar refractivity (Wildman–Crippen MR) is 109 cm³/mol. The van der Waals surface area contributed by atoms with Crippen LogP contribution in [0.5, 0.6) is 0 Å². The van der Waals surface area contributed by atoms with E-state index in [0.717, 1.165) is 83.4 Å². The fraction of sp³-hybridized carbons (Fsp3) is 0.818. The molecular formula is C22H36N4O2. The standard InChI is InChI=1S/C22H36N4O2/c1-16(2)14-26-20-6-5-18(24-11-7-17(15-27)8-12-24)13-19(20)21(23-26)22(28)25-9-3-4-10-25/h16-18,27H,3-15H2,1-2H3/t18-/m1/s1. The molecule has 1 N–H and O–H groups in total. The Bertz CT molecular complexity index is 685. The monoisotopic (exact) mass is 388 g/mol. The van der Waals surface area contributed by atoms with Gasteiger partial charge in [-0.05, 0) is 69.9 Å². The molecule has 1 amide bonds. The van der Waals surface area contributed by atoms with Gasteiger partial charge < -0.3 is 14.9 Å². The zero-order chi connectivity index (χ0) is 19.7. The van der Waals surface area contributed by atoms with Gasteiger partial charge in [-0.1, -0.05) is 13.8 Å². The first-order valence-electron chi connectivity index (χ1n) is 11.3. The Hall–Kier alpha value is -1.40. The van der Waals surface area contributed by atoms with Crippen LogP contribution in [0.25, 0.3) is 0 Å². The zero-order valence-corrected chi connectivity index (χ0v) is 17.6. The van der Waals surface area contributed by atoms with Crippen LogP contribution >= 0.6 is 0 Å². The number of hydrogen-bond donors (Lipinski definition) is 1. The smallest absolute Gasteiger partial charge is 0.274 e. The Morgan fingerprint density at radius 3 is 2.50 bits per heavy atom. The van der Waals surface area contributed by atoms with Crippen LogP contribution in [0.2, 0.25) is 0 Å². The van der Waals surface area contributed by atoms with E-state index in [-0.39, 0.29) is 5.91 Å². The number of nitrogens with zero attached hydrogens (tertiary/aromatic N) is 4. The number of hydrogen-bond acceptors (Lipinski definition) is 4. The second kappa shape index (κ2) is 8.54. The van der Waals surface area contributed by atoms with Crippen molar-refractivity contribution in [3.63, 3.8) is 0 Å². The maximum Gasteiger partial charge on any atom is 0.274 e. The zero-order valence-electron chi connectivity index (χ0n) is 17.6. The van der Waals surface area contributed by atoms with Crippen molar-refractivity contribution in [3.8, 4) is 0 Å².